The fraction of sp³-hybridized carbons (Fsp3) is 0.312. The number of aromatic nitrogens is 2. The molecule has 1 N–H and O–H groups in total. The van der Waals surface area contributed by atoms with Crippen LogP contribution in [0.5, 0.6) is 0 Å². The number of benzene rings is 1. The van der Waals surface area contributed by atoms with Crippen LogP contribution in [0.15, 0.2) is 41.2 Å². The Morgan fingerprint density at radius 1 is 1.29 bits per heavy atom. The number of hydrogen-bond donors (Lipinski definition) is 1. The molecule has 110 valence electrons. The molecule has 0 saturated carbocycles. The summed E-state index contributed by atoms with van der Waals surface area (Å²) in [5.41, 5.74) is 1.84. The molecule has 1 aromatic carbocycles. The van der Waals surface area contributed by atoms with Crippen LogP contribution < -0.4 is 10.9 Å². The molecule has 1 heterocycles. The Labute approximate surface area is 123 Å². The first-order chi connectivity index (χ1) is 10.1. The highest BCUT2D eigenvalue weighted by Gasteiger charge is 2.10. The van der Waals surface area contributed by atoms with Crippen molar-refractivity contribution in [2.75, 3.05) is 5.32 Å². The maximum absolute atomic E-state index is 12.2. The second-order valence-electron chi connectivity index (χ2n) is 4.96. The Bertz CT molecular complexity index is 692. The van der Waals surface area contributed by atoms with Gasteiger partial charge in [-0.05, 0) is 37.1 Å². The van der Waals surface area contributed by atoms with E-state index in [1.165, 1.54) is 16.8 Å². The van der Waals surface area contributed by atoms with E-state index in [9.17, 15) is 9.59 Å². The maximum atomic E-state index is 12.2. The van der Waals surface area contributed by atoms with Gasteiger partial charge in [0.2, 0.25) is 0 Å². The lowest BCUT2D eigenvalue weighted by Gasteiger charge is -2.08. The highest BCUT2D eigenvalue weighted by Crippen LogP contribution is 2.10. The molecule has 0 atom stereocenters. The van der Waals surface area contributed by atoms with E-state index in [4.69, 9.17) is 0 Å². The molecule has 1 amide bonds. The van der Waals surface area contributed by atoms with Crippen molar-refractivity contribution in [3.63, 3.8) is 0 Å². The fourth-order valence-electron chi connectivity index (χ4n) is 1.96. The van der Waals surface area contributed by atoms with Gasteiger partial charge in [-0.25, -0.2) is 4.68 Å². The molecular weight excluding hydrogens is 266 g/mol. The number of carbonyl (C=O) groups is 1. The Hall–Kier alpha value is -2.43. The molecule has 0 aliphatic carbocycles. The van der Waals surface area contributed by atoms with Crippen molar-refractivity contribution in [3.05, 3.63) is 58.0 Å². The topological polar surface area (TPSA) is 64.0 Å². The van der Waals surface area contributed by atoms with Crippen LogP contribution in [0.4, 0.5) is 5.69 Å². The summed E-state index contributed by atoms with van der Waals surface area (Å²) in [6.45, 7) is 4.53. The fourth-order valence-corrected chi connectivity index (χ4v) is 1.96. The van der Waals surface area contributed by atoms with Gasteiger partial charge in [0.15, 0.2) is 0 Å². The van der Waals surface area contributed by atoms with Gasteiger partial charge in [0.05, 0.1) is 0 Å². The number of aryl methyl sites for hydroxylation is 2. The van der Waals surface area contributed by atoms with Crippen LogP contribution in [0.1, 0.15) is 35.8 Å². The SMILES string of the molecule is CCCCn1nc(C(=O)Nc2cccc(C)c2)ccc1=O. The first kappa shape index (κ1) is 15.0. The smallest absolute Gasteiger partial charge is 0.276 e. The lowest BCUT2D eigenvalue weighted by molar-refractivity contribution is 0.102. The summed E-state index contributed by atoms with van der Waals surface area (Å²) in [7, 11) is 0. The standard InChI is InChI=1S/C16H19N3O2/c1-3-4-10-19-15(20)9-8-14(18-19)16(21)17-13-7-5-6-12(2)11-13/h5-9,11H,3-4,10H2,1-2H3,(H,17,21). The van der Waals surface area contributed by atoms with Crippen molar-refractivity contribution < 1.29 is 4.79 Å². The zero-order valence-corrected chi connectivity index (χ0v) is 12.3. The van der Waals surface area contributed by atoms with Crippen molar-refractivity contribution in [1.82, 2.24) is 9.78 Å². The minimum Gasteiger partial charge on any atom is -0.321 e. The molecule has 21 heavy (non-hydrogen) atoms. The molecular formula is C16H19N3O2. The van der Waals surface area contributed by atoms with E-state index < -0.39 is 0 Å². The third-order valence-electron chi connectivity index (χ3n) is 3.10. The number of unbranched alkanes of at least 4 members (excludes halogenated alkanes) is 1. The molecule has 0 spiro atoms. The summed E-state index contributed by atoms with van der Waals surface area (Å²) < 4.78 is 1.34. The number of nitrogens with one attached hydrogen (secondary N) is 1. The minimum absolute atomic E-state index is 0.185. The number of anilines is 1. The van der Waals surface area contributed by atoms with Crippen molar-refractivity contribution >= 4 is 11.6 Å². The molecule has 5 heteroatoms. The summed E-state index contributed by atoms with van der Waals surface area (Å²) in [5, 5.41) is 6.91. The Kier molecular flexibility index (Phi) is 4.87. The summed E-state index contributed by atoms with van der Waals surface area (Å²) in [6.07, 6.45) is 1.82. The highest BCUT2D eigenvalue weighted by molar-refractivity contribution is 6.02. The van der Waals surface area contributed by atoms with Gasteiger partial charge in [0.1, 0.15) is 5.69 Å². The molecule has 0 unspecified atom stereocenters. The van der Waals surface area contributed by atoms with Crippen LogP contribution in [-0.4, -0.2) is 15.7 Å². The van der Waals surface area contributed by atoms with Gasteiger partial charge in [-0.1, -0.05) is 25.5 Å². The monoisotopic (exact) mass is 285 g/mol. The van der Waals surface area contributed by atoms with Gasteiger partial charge in [0, 0.05) is 18.3 Å². The maximum Gasteiger partial charge on any atom is 0.276 e. The normalized spacial score (nSPS) is 10.4. The van der Waals surface area contributed by atoms with Crippen molar-refractivity contribution in [2.45, 2.75) is 33.2 Å². The lowest BCUT2D eigenvalue weighted by Crippen LogP contribution is -2.26. The van der Waals surface area contributed by atoms with Gasteiger partial charge in [-0.2, -0.15) is 5.10 Å². The average molecular weight is 285 g/mol. The first-order valence-corrected chi connectivity index (χ1v) is 7.06. The molecule has 2 aromatic rings. The molecule has 0 fully saturated rings. The third-order valence-corrected chi connectivity index (χ3v) is 3.10. The van der Waals surface area contributed by atoms with Crippen molar-refractivity contribution in [3.8, 4) is 0 Å². The van der Waals surface area contributed by atoms with E-state index in [2.05, 4.69) is 10.4 Å². The number of rotatable bonds is 5. The summed E-state index contributed by atoms with van der Waals surface area (Å²) in [6, 6.07) is 10.4. The van der Waals surface area contributed by atoms with Crippen molar-refractivity contribution in [1.29, 1.82) is 0 Å². The Balaban J connectivity index is 2.17. The van der Waals surface area contributed by atoms with Crippen molar-refractivity contribution in [2.24, 2.45) is 0 Å². The molecule has 0 radical (unpaired) electrons. The van der Waals surface area contributed by atoms with Crippen LogP contribution >= 0.6 is 0 Å². The molecule has 0 saturated heterocycles. The zero-order valence-electron chi connectivity index (χ0n) is 12.3. The highest BCUT2D eigenvalue weighted by atomic mass is 16.2. The van der Waals surface area contributed by atoms with E-state index in [-0.39, 0.29) is 17.2 Å². The van der Waals surface area contributed by atoms with Crippen LogP contribution in [-0.2, 0) is 6.54 Å². The summed E-state index contributed by atoms with van der Waals surface area (Å²) in [4.78, 5) is 23.8. The largest absolute Gasteiger partial charge is 0.321 e. The van der Waals surface area contributed by atoms with Crippen LogP contribution in [0, 0.1) is 6.92 Å². The second-order valence-corrected chi connectivity index (χ2v) is 4.96. The number of hydrogen-bond acceptors (Lipinski definition) is 3. The van der Waals surface area contributed by atoms with E-state index in [1.54, 1.807) is 0 Å². The number of amides is 1. The van der Waals surface area contributed by atoms with E-state index in [1.807, 2.05) is 38.1 Å². The van der Waals surface area contributed by atoms with Crippen LogP contribution in [0.25, 0.3) is 0 Å². The van der Waals surface area contributed by atoms with Crippen LogP contribution in [0.3, 0.4) is 0 Å². The predicted molar refractivity (Wildman–Crippen MR) is 82.5 cm³/mol. The van der Waals surface area contributed by atoms with Gasteiger partial charge < -0.3 is 5.32 Å². The second kappa shape index (κ2) is 6.83. The van der Waals surface area contributed by atoms with E-state index in [0.29, 0.717) is 12.2 Å². The third kappa shape index (κ3) is 4.02. The van der Waals surface area contributed by atoms with Crippen LogP contribution in [0.2, 0.25) is 0 Å². The number of carbonyl (C=O) groups excluding carboxylic acids is 1. The Morgan fingerprint density at radius 3 is 2.81 bits per heavy atom. The Morgan fingerprint density at radius 2 is 2.10 bits per heavy atom. The molecule has 2 rings (SSSR count). The minimum atomic E-state index is -0.314. The first-order valence-electron chi connectivity index (χ1n) is 7.06. The lowest BCUT2D eigenvalue weighted by atomic mass is 10.2. The number of nitrogens with zero attached hydrogens (tertiary/aromatic N) is 2. The molecule has 1 aromatic heterocycles. The molecule has 0 bridgehead atoms. The van der Waals surface area contributed by atoms with E-state index >= 15 is 0 Å². The predicted octanol–water partition coefficient (Wildman–Crippen LogP) is 2.60. The molecule has 0 aliphatic heterocycles. The average Bonchev–Trinajstić information content (AvgIpc) is 2.46. The quantitative estimate of drug-likeness (QED) is 0.918. The summed E-state index contributed by atoms with van der Waals surface area (Å²) >= 11 is 0. The van der Waals surface area contributed by atoms with Gasteiger partial charge in [-0.15, -0.1) is 0 Å². The van der Waals surface area contributed by atoms with Gasteiger partial charge in [0.25, 0.3) is 11.5 Å². The van der Waals surface area contributed by atoms with Gasteiger partial charge >= 0.3 is 0 Å². The molecule has 0 aliphatic rings. The van der Waals surface area contributed by atoms with E-state index in [0.717, 1.165) is 18.4 Å². The molecule has 5 nitrogen and oxygen atoms in total. The summed E-state index contributed by atoms with van der Waals surface area (Å²) in [5.74, 6) is -0.314. The zero-order chi connectivity index (χ0) is 15.2. The van der Waals surface area contributed by atoms with Gasteiger partial charge in [-0.3, -0.25) is 9.59 Å².